The Morgan fingerprint density at radius 2 is 1.88 bits per heavy atom. The van der Waals surface area contributed by atoms with Crippen molar-refractivity contribution in [2.24, 2.45) is 23.5 Å². The molecule has 3 N–H and O–H groups in total. The van der Waals surface area contributed by atoms with Gasteiger partial charge in [-0.3, -0.25) is 4.79 Å². The molecule has 1 fully saturated rings. The second kappa shape index (κ2) is 7.00. The average molecular weight is 240 g/mol. The zero-order chi connectivity index (χ0) is 12.8. The van der Waals surface area contributed by atoms with Gasteiger partial charge in [0.2, 0.25) is 5.91 Å². The van der Waals surface area contributed by atoms with Gasteiger partial charge in [-0.05, 0) is 50.5 Å². The lowest BCUT2D eigenvalue weighted by atomic mass is 9.80. The number of carbonyl (C=O) groups is 1. The molecule has 0 aromatic heterocycles. The van der Waals surface area contributed by atoms with Crippen LogP contribution in [0.3, 0.4) is 0 Å². The van der Waals surface area contributed by atoms with Crippen molar-refractivity contribution >= 4 is 5.91 Å². The first-order chi connectivity index (χ1) is 8.02. The third-order valence-corrected chi connectivity index (χ3v) is 3.81. The van der Waals surface area contributed by atoms with Crippen LogP contribution in [-0.4, -0.2) is 18.5 Å². The highest BCUT2D eigenvalue weighted by molar-refractivity contribution is 5.78. The molecule has 1 aliphatic carbocycles. The van der Waals surface area contributed by atoms with Crippen molar-refractivity contribution in [3.63, 3.8) is 0 Å². The van der Waals surface area contributed by atoms with Crippen LogP contribution in [0.25, 0.3) is 0 Å². The first-order valence-electron chi connectivity index (χ1n) is 7.03. The molecule has 3 heteroatoms. The molecule has 0 aliphatic heterocycles. The highest BCUT2D eigenvalue weighted by atomic mass is 16.1. The number of nitrogens with one attached hydrogen (secondary N) is 1. The zero-order valence-electron chi connectivity index (χ0n) is 11.5. The van der Waals surface area contributed by atoms with Crippen LogP contribution >= 0.6 is 0 Å². The summed E-state index contributed by atoms with van der Waals surface area (Å²) < 4.78 is 0. The topological polar surface area (TPSA) is 55.1 Å². The number of carbonyl (C=O) groups excluding carboxylic acids is 1. The Morgan fingerprint density at radius 3 is 2.41 bits per heavy atom. The Morgan fingerprint density at radius 1 is 1.29 bits per heavy atom. The third-order valence-electron chi connectivity index (χ3n) is 3.81. The summed E-state index contributed by atoms with van der Waals surface area (Å²) in [6.07, 6.45) is 5.42. The van der Waals surface area contributed by atoms with E-state index >= 15 is 0 Å². The molecular formula is C14H28N2O. The third kappa shape index (κ3) is 5.07. The molecule has 1 saturated carbocycles. The predicted molar refractivity (Wildman–Crippen MR) is 71.6 cm³/mol. The Kier molecular flexibility index (Phi) is 5.96. The quantitative estimate of drug-likeness (QED) is 0.774. The number of hydrogen-bond acceptors (Lipinski definition) is 2. The Labute approximate surface area is 106 Å². The molecule has 1 rings (SSSR count). The van der Waals surface area contributed by atoms with Crippen LogP contribution in [0, 0.1) is 17.8 Å². The van der Waals surface area contributed by atoms with E-state index in [4.69, 9.17) is 5.73 Å². The van der Waals surface area contributed by atoms with Gasteiger partial charge in [-0.25, -0.2) is 0 Å². The van der Waals surface area contributed by atoms with E-state index in [1.54, 1.807) is 0 Å². The van der Waals surface area contributed by atoms with Gasteiger partial charge in [-0.15, -0.1) is 0 Å². The lowest BCUT2D eigenvalue weighted by molar-refractivity contribution is -0.125. The zero-order valence-corrected chi connectivity index (χ0v) is 11.5. The van der Waals surface area contributed by atoms with Crippen LogP contribution in [0.2, 0.25) is 0 Å². The van der Waals surface area contributed by atoms with Gasteiger partial charge in [0.25, 0.3) is 0 Å². The summed E-state index contributed by atoms with van der Waals surface area (Å²) in [4.78, 5) is 12.0. The minimum absolute atomic E-state index is 0.103. The molecule has 0 radical (unpaired) electrons. The van der Waals surface area contributed by atoms with Crippen LogP contribution in [0.5, 0.6) is 0 Å². The normalized spacial score (nSPS) is 30.9. The number of nitrogens with two attached hydrogens (primary N) is 1. The fourth-order valence-electron chi connectivity index (χ4n) is 2.96. The molecular weight excluding hydrogens is 212 g/mol. The maximum absolute atomic E-state index is 12.0. The molecule has 1 aliphatic rings. The molecule has 0 saturated heterocycles. The summed E-state index contributed by atoms with van der Waals surface area (Å²) in [5.41, 5.74) is 5.47. The van der Waals surface area contributed by atoms with Crippen LogP contribution < -0.4 is 11.1 Å². The SMILES string of the molecule is CC1CC(C)CC(NC(=O)C(C)CCCN)C1. The standard InChI is InChI=1S/C14H28N2O/c1-10-7-11(2)9-13(8-10)16-14(17)12(3)5-4-6-15/h10-13H,4-9,15H2,1-3H3,(H,16,17). The van der Waals surface area contributed by atoms with Crippen molar-refractivity contribution in [2.45, 2.75) is 58.9 Å². The van der Waals surface area contributed by atoms with E-state index in [0.717, 1.165) is 37.5 Å². The van der Waals surface area contributed by atoms with Crippen molar-refractivity contribution in [1.82, 2.24) is 5.32 Å². The number of hydrogen-bond donors (Lipinski definition) is 2. The maximum atomic E-state index is 12.0. The van der Waals surface area contributed by atoms with Gasteiger partial charge in [-0.1, -0.05) is 20.8 Å². The molecule has 0 bridgehead atoms. The first-order valence-corrected chi connectivity index (χ1v) is 7.03. The minimum Gasteiger partial charge on any atom is -0.353 e. The van der Waals surface area contributed by atoms with Crippen LogP contribution in [-0.2, 0) is 4.79 Å². The lowest BCUT2D eigenvalue weighted by Gasteiger charge is -2.32. The van der Waals surface area contributed by atoms with E-state index in [9.17, 15) is 4.79 Å². The summed E-state index contributed by atoms with van der Waals surface area (Å²) in [5, 5.41) is 3.21. The fourth-order valence-corrected chi connectivity index (χ4v) is 2.96. The summed E-state index contributed by atoms with van der Waals surface area (Å²) in [6, 6.07) is 0.390. The fraction of sp³-hybridized carbons (Fsp3) is 0.929. The van der Waals surface area contributed by atoms with Crippen molar-refractivity contribution in [2.75, 3.05) is 6.54 Å². The maximum Gasteiger partial charge on any atom is 0.223 e. The van der Waals surface area contributed by atoms with Gasteiger partial charge >= 0.3 is 0 Å². The summed E-state index contributed by atoms with van der Waals surface area (Å²) in [6.45, 7) is 7.25. The molecule has 1 amide bonds. The van der Waals surface area contributed by atoms with Gasteiger partial charge in [0.1, 0.15) is 0 Å². The average Bonchev–Trinajstić information content (AvgIpc) is 2.24. The van der Waals surface area contributed by atoms with Crippen molar-refractivity contribution < 1.29 is 4.79 Å². The Bertz CT molecular complexity index is 232. The summed E-state index contributed by atoms with van der Waals surface area (Å²) >= 11 is 0. The second-order valence-electron chi connectivity index (χ2n) is 5.95. The monoisotopic (exact) mass is 240 g/mol. The van der Waals surface area contributed by atoms with Crippen LogP contribution in [0.1, 0.15) is 52.9 Å². The predicted octanol–water partition coefficient (Wildman–Crippen LogP) is 2.30. The highest BCUT2D eigenvalue weighted by Gasteiger charge is 2.26. The van der Waals surface area contributed by atoms with Gasteiger partial charge in [0, 0.05) is 12.0 Å². The van der Waals surface area contributed by atoms with Crippen molar-refractivity contribution in [3.8, 4) is 0 Å². The van der Waals surface area contributed by atoms with Gasteiger partial charge < -0.3 is 11.1 Å². The molecule has 3 unspecified atom stereocenters. The molecule has 0 aromatic rings. The Hall–Kier alpha value is -0.570. The lowest BCUT2D eigenvalue weighted by Crippen LogP contribution is -2.42. The van der Waals surface area contributed by atoms with Crippen LogP contribution in [0.4, 0.5) is 0 Å². The largest absolute Gasteiger partial charge is 0.353 e. The number of rotatable bonds is 5. The highest BCUT2D eigenvalue weighted by Crippen LogP contribution is 2.28. The van der Waals surface area contributed by atoms with Gasteiger partial charge in [-0.2, -0.15) is 0 Å². The van der Waals surface area contributed by atoms with E-state index in [2.05, 4.69) is 19.2 Å². The van der Waals surface area contributed by atoms with Crippen molar-refractivity contribution in [3.05, 3.63) is 0 Å². The van der Waals surface area contributed by atoms with Gasteiger partial charge in [0.05, 0.1) is 0 Å². The first kappa shape index (κ1) is 14.5. The molecule has 0 spiro atoms. The van der Waals surface area contributed by atoms with E-state index in [1.807, 2.05) is 6.92 Å². The minimum atomic E-state index is 0.103. The van der Waals surface area contributed by atoms with E-state index in [0.29, 0.717) is 12.6 Å². The van der Waals surface area contributed by atoms with Crippen molar-refractivity contribution in [1.29, 1.82) is 0 Å². The molecule has 0 aromatic carbocycles. The van der Waals surface area contributed by atoms with Gasteiger partial charge in [0.15, 0.2) is 0 Å². The smallest absolute Gasteiger partial charge is 0.223 e. The van der Waals surface area contributed by atoms with E-state index in [-0.39, 0.29) is 11.8 Å². The molecule has 100 valence electrons. The van der Waals surface area contributed by atoms with Crippen LogP contribution in [0.15, 0.2) is 0 Å². The number of amides is 1. The summed E-state index contributed by atoms with van der Waals surface area (Å²) in [5.74, 6) is 1.79. The summed E-state index contributed by atoms with van der Waals surface area (Å²) in [7, 11) is 0. The van der Waals surface area contributed by atoms with E-state index < -0.39 is 0 Å². The molecule has 0 heterocycles. The second-order valence-corrected chi connectivity index (χ2v) is 5.95. The van der Waals surface area contributed by atoms with E-state index in [1.165, 1.54) is 6.42 Å². The molecule has 17 heavy (non-hydrogen) atoms. The Balaban J connectivity index is 2.34. The molecule has 3 nitrogen and oxygen atoms in total. The molecule has 3 atom stereocenters.